The van der Waals surface area contributed by atoms with Gasteiger partial charge in [-0.15, -0.1) is 0 Å². The van der Waals surface area contributed by atoms with E-state index in [1.807, 2.05) is 24.3 Å². The van der Waals surface area contributed by atoms with Gasteiger partial charge in [-0.25, -0.2) is 0 Å². The molecular formula is C12H12N2O2W. The summed E-state index contributed by atoms with van der Waals surface area (Å²) in [6, 6.07) is 7.45. The van der Waals surface area contributed by atoms with Crippen molar-refractivity contribution >= 4 is 21.4 Å². The van der Waals surface area contributed by atoms with Gasteiger partial charge in [0.25, 0.3) is 0 Å². The van der Waals surface area contributed by atoms with E-state index in [0.717, 1.165) is 9.46 Å². The zero-order valence-electron chi connectivity index (χ0n) is 9.34. The van der Waals surface area contributed by atoms with Crippen molar-refractivity contribution in [3.63, 3.8) is 0 Å². The molecular weight excluding hydrogens is 388 g/mol. The van der Waals surface area contributed by atoms with E-state index < -0.39 is 0 Å². The van der Waals surface area contributed by atoms with Gasteiger partial charge >= 0.3 is 110 Å². The minimum absolute atomic E-state index is 0.117. The second-order valence-electron chi connectivity index (χ2n) is 4.00. The van der Waals surface area contributed by atoms with E-state index >= 15 is 0 Å². The van der Waals surface area contributed by atoms with Crippen molar-refractivity contribution in [1.82, 2.24) is 4.90 Å². The van der Waals surface area contributed by atoms with Crippen molar-refractivity contribution in [3.05, 3.63) is 29.8 Å². The molecule has 1 aliphatic rings. The Kier molecular flexibility index (Phi) is 3.25. The van der Waals surface area contributed by atoms with Gasteiger partial charge in [-0.05, 0) is 0 Å². The van der Waals surface area contributed by atoms with Crippen LogP contribution in [0.25, 0.3) is 0 Å². The zero-order chi connectivity index (χ0) is 12.6. The number of nitrogens with two attached hydrogens (primary N) is 1. The number of amides is 2. The molecule has 1 unspecified atom stereocenters. The summed E-state index contributed by atoms with van der Waals surface area (Å²) in [4.78, 5) is 24.6. The van der Waals surface area contributed by atoms with Crippen molar-refractivity contribution in [2.45, 2.75) is 6.42 Å². The molecule has 1 atom stereocenters. The number of anilines is 1. The summed E-state index contributed by atoms with van der Waals surface area (Å²) in [6.07, 6.45) is 0.266. The van der Waals surface area contributed by atoms with Crippen LogP contribution in [-0.2, 0) is 28.9 Å². The Balaban J connectivity index is 2.31. The molecule has 0 aliphatic carbocycles. The standard InChI is InChI=1S/C12H12N2O2.W/c1-14-11(15)7-9(12(14)16)6-8-4-2-3-5-10(8)13;/h2-5,9H,7,13H2,1H3;. The van der Waals surface area contributed by atoms with Crippen LogP contribution in [0.3, 0.4) is 0 Å². The number of hydrogen-bond donors (Lipinski definition) is 1. The first-order valence-electron chi connectivity index (χ1n) is 5.21. The number of rotatable bonds is 2. The molecule has 0 radical (unpaired) electrons. The summed E-state index contributed by atoms with van der Waals surface area (Å²) >= 11 is 1.18. The molecule has 0 spiro atoms. The van der Waals surface area contributed by atoms with Crippen LogP contribution in [-0.4, -0.2) is 27.7 Å². The Hall–Kier alpha value is -1.28. The fraction of sp³-hybridized carbons (Fsp3) is 0.250. The van der Waals surface area contributed by atoms with Crippen LogP contribution < -0.4 is 5.73 Å². The van der Waals surface area contributed by atoms with Crippen LogP contribution in [0.2, 0.25) is 0 Å². The summed E-state index contributed by atoms with van der Waals surface area (Å²) in [5.41, 5.74) is 7.44. The molecule has 1 aliphatic heterocycles. The first-order chi connectivity index (χ1) is 8.02. The third kappa shape index (κ3) is 2.09. The number of imide groups is 1. The van der Waals surface area contributed by atoms with E-state index in [1.54, 1.807) is 0 Å². The molecule has 5 heteroatoms. The van der Waals surface area contributed by atoms with Gasteiger partial charge in [0, 0.05) is 0 Å². The van der Waals surface area contributed by atoms with Crippen LogP contribution in [0.5, 0.6) is 0 Å². The maximum atomic E-state index is 11.9. The molecule has 2 amide bonds. The molecule has 2 rings (SSSR count). The van der Waals surface area contributed by atoms with Crippen LogP contribution in [0.1, 0.15) is 12.0 Å². The number of benzene rings is 1. The second-order valence-corrected chi connectivity index (χ2v) is 5.58. The second kappa shape index (κ2) is 4.53. The number of carbonyl (C=O) groups is 2. The number of para-hydroxylation sites is 1. The van der Waals surface area contributed by atoms with Gasteiger partial charge in [-0.1, -0.05) is 0 Å². The van der Waals surface area contributed by atoms with Crippen molar-refractivity contribution in [2.75, 3.05) is 12.8 Å². The van der Waals surface area contributed by atoms with Crippen molar-refractivity contribution in [3.8, 4) is 0 Å². The van der Waals surface area contributed by atoms with Crippen molar-refractivity contribution < 1.29 is 28.9 Å². The Morgan fingerprint density at radius 2 is 2.06 bits per heavy atom. The number of hydrogen-bond acceptors (Lipinski definition) is 3. The first kappa shape index (κ1) is 12.2. The summed E-state index contributed by atoms with van der Waals surface area (Å²) in [7, 11) is 1.53. The van der Waals surface area contributed by atoms with E-state index in [2.05, 4.69) is 0 Å². The zero-order valence-corrected chi connectivity index (χ0v) is 12.3. The topological polar surface area (TPSA) is 63.4 Å². The average molecular weight is 400 g/mol. The molecule has 88 valence electrons. The van der Waals surface area contributed by atoms with Crippen LogP contribution >= 0.6 is 0 Å². The molecule has 0 saturated carbocycles. The van der Waals surface area contributed by atoms with Crippen LogP contribution in [0.4, 0.5) is 5.69 Å². The molecule has 0 bridgehead atoms. The number of nitrogen functional groups attached to an aromatic ring is 1. The normalized spacial score (nSPS) is 19.8. The summed E-state index contributed by atoms with van der Waals surface area (Å²) < 4.78 is 0.950. The van der Waals surface area contributed by atoms with Gasteiger partial charge in [-0.2, -0.15) is 0 Å². The Morgan fingerprint density at radius 1 is 1.41 bits per heavy atom. The SMILES string of the molecule is CN1C(=O)CC([C](=[W])c2ccccc2N)C1=O. The predicted molar refractivity (Wildman–Crippen MR) is 60.8 cm³/mol. The quantitative estimate of drug-likeness (QED) is 0.576. The third-order valence-electron chi connectivity index (χ3n) is 2.92. The molecule has 2 N–H and O–H groups in total. The van der Waals surface area contributed by atoms with Gasteiger partial charge in [-0.3, -0.25) is 0 Å². The molecule has 1 fully saturated rings. The summed E-state index contributed by atoms with van der Waals surface area (Å²) in [6.45, 7) is 0. The van der Waals surface area contributed by atoms with Crippen LogP contribution in [0, 0.1) is 5.92 Å². The third-order valence-corrected chi connectivity index (χ3v) is 4.74. The molecule has 0 aromatic heterocycles. The first-order valence-corrected chi connectivity index (χ1v) is 6.68. The van der Waals surface area contributed by atoms with Crippen LogP contribution in [0.15, 0.2) is 24.3 Å². The van der Waals surface area contributed by atoms with Gasteiger partial charge < -0.3 is 0 Å². The van der Waals surface area contributed by atoms with Crippen molar-refractivity contribution in [1.29, 1.82) is 0 Å². The Bertz CT molecular complexity index is 513. The van der Waals surface area contributed by atoms with Gasteiger partial charge in [0.1, 0.15) is 0 Å². The Morgan fingerprint density at radius 3 is 2.59 bits per heavy atom. The fourth-order valence-electron chi connectivity index (χ4n) is 1.87. The minimum atomic E-state index is -0.327. The van der Waals surface area contributed by atoms with Gasteiger partial charge in [0.15, 0.2) is 0 Å². The van der Waals surface area contributed by atoms with E-state index in [9.17, 15) is 9.59 Å². The molecule has 1 aromatic rings. The monoisotopic (exact) mass is 400 g/mol. The molecule has 1 heterocycles. The summed E-state index contributed by atoms with van der Waals surface area (Å²) in [5.74, 6) is -0.566. The van der Waals surface area contributed by atoms with Gasteiger partial charge in [0.2, 0.25) is 0 Å². The van der Waals surface area contributed by atoms with E-state index in [1.165, 1.54) is 31.3 Å². The number of nitrogens with zero attached hydrogens (tertiary/aromatic N) is 1. The molecule has 1 saturated heterocycles. The van der Waals surface area contributed by atoms with E-state index in [0.29, 0.717) is 5.69 Å². The van der Waals surface area contributed by atoms with Gasteiger partial charge in [0.05, 0.1) is 0 Å². The average Bonchev–Trinajstić information content (AvgIpc) is 2.57. The number of carbonyl (C=O) groups excluding carboxylic acids is 2. The van der Waals surface area contributed by atoms with E-state index in [-0.39, 0.29) is 24.2 Å². The summed E-state index contributed by atoms with van der Waals surface area (Å²) in [5, 5.41) is 0. The molecule has 1 aromatic carbocycles. The van der Waals surface area contributed by atoms with E-state index in [4.69, 9.17) is 5.73 Å². The predicted octanol–water partition coefficient (Wildman–Crippen LogP) is 0.341. The fourth-order valence-corrected chi connectivity index (χ4v) is 3.20. The molecule has 4 nitrogen and oxygen atoms in total. The maximum absolute atomic E-state index is 11.9. The Labute approximate surface area is 110 Å². The van der Waals surface area contributed by atoms with Crippen molar-refractivity contribution in [2.24, 2.45) is 5.92 Å². The number of likely N-dealkylation sites (tertiary alicyclic amines) is 1. The molecule has 17 heavy (non-hydrogen) atoms.